The van der Waals surface area contributed by atoms with Gasteiger partial charge in [0, 0.05) is 41.5 Å². The number of aryl methyl sites for hydroxylation is 2. The Hall–Kier alpha value is -3.74. The quantitative estimate of drug-likeness (QED) is 0.232. The fourth-order valence-corrected chi connectivity index (χ4v) is 5.52. The van der Waals surface area contributed by atoms with Crippen LogP contribution in [-0.2, 0) is 48.7 Å². The van der Waals surface area contributed by atoms with E-state index in [0.717, 1.165) is 64.7 Å². The minimum Gasteiger partial charge on any atom is -0.491 e. The summed E-state index contributed by atoms with van der Waals surface area (Å²) in [6.07, 6.45) is 2.35. The molecule has 0 aliphatic carbocycles. The van der Waals surface area contributed by atoms with Crippen molar-refractivity contribution in [1.82, 2.24) is 9.97 Å². The summed E-state index contributed by atoms with van der Waals surface area (Å²) in [7, 11) is 0. The molecule has 0 saturated heterocycles. The number of nitrogens with zero attached hydrogens (tertiary/aromatic N) is 2. The lowest BCUT2D eigenvalue weighted by Gasteiger charge is -2.17. The molecule has 0 spiro atoms. The smallest absolute Gasteiger partial charge is 0.146 e. The van der Waals surface area contributed by atoms with Crippen LogP contribution in [0.25, 0.3) is 0 Å². The lowest BCUT2D eigenvalue weighted by molar-refractivity contribution is 0.132. The van der Waals surface area contributed by atoms with E-state index in [-0.39, 0.29) is 0 Å². The molecule has 0 saturated carbocycles. The van der Waals surface area contributed by atoms with E-state index < -0.39 is 0 Å². The summed E-state index contributed by atoms with van der Waals surface area (Å²) in [5.41, 5.74) is 11.1. The molecule has 0 N–H and O–H groups in total. The summed E-state index contributed by atoms with van der Waals surface area (Å²) in [5, 5.41) is 0. The van der Waals surface area contributed by atoms with Gasteiger partial charge in [-0.15, -0.1) is 0 Å². The van der Waals surface area contributed by atoms with Crippen molar-refractivity contribution in [3.63, 3.8) is 0 Å². The maximum Gasteiger partial charge on any atom is 0.146 e. The molecule has 6 heteroatoms. The molecule has 0 unspecified atom stereocenters. The molecular formula is C33H34N2O4. The summed E-state index contributed by atoms with van der Waals surface area (Å²) in [5.74, 6) is 1.72. The number of rotatable bonds is 10. The Balaban J connectivity index is 1.09. The van der Waals surface area contributed by atoms with E-state index >= 15 is 0 Å². The highest BCUT2D eigenvalue weighted by atomic mass is 16.5. The molecule has 0 amide bonds. The van der Waals surface area contributed by atoms with Crippen LogP contribution in [0.3, 0.4) is 0 Å². The van der Waals surface area contributed by atoms with E-state index in [1.807, 2.05) is 26.0 Å². The zero-order valence-electron chi connectivity index (χ0n) is 22.7. The van der Waals surface area contributed by atoms with Crippen LogP contribution in [0.4, 0.5) is 0 Å². The van der Waals surface area contributed by atoms with Gasteiger partial charge >= 0.3 is 0 Å². The van der Waals surface area contributed by atoms with E-state index in [1.165, 1.54) is 22.3 Å². The molecule has 2 aliphatic heterocycles. The summed E-state index contributed by atoms with van der Waals surface area (Å²) in [6.45, 7) is 7.45. The Morgan fingerprint density at radius 1 is 0.590 bits per heavy atom. The van der Waals surface area contributed by atoms with E-state index in [0.29, 0.717) is 39.6 Å². The number of fused-ring (bicyclic) bond motifs is 2. The number of aromatic nitrogens is 2. The molecule has 2 aliphatic rings. The van der Waals surface area contributed by atoms with Crippen molar-refractivity contribution in [2.75, 3.05) is 13.2 Å². The van der Waals surface area contributed by atoms with Crippen molar-refractivity contribution in [2.24, 2.45) is 0 Å². The molecule has 200 valence electrons. The van der Waals surface area contributed by atoms with E-state index in [4.69, 9.17) is 28.9 Å². The van der Waals surface area contributed by atoms with Crippen LogP contribution in [0, 0.1) is 13.8 Å². The van der Waals surface area contributed by atoms with Crippen LogP contribution < -0.4 is 9.47 Å². The molecule has 2 aromatic heterocycles. The van der Waals surface area contributed by atoms with Gasteiger partial charge in [0.2, 0.25) is 0 Å². The van der Waals surface area contributed by atoms with Gasteiger partial charge in [0.1, 0.15) is 11.5 Å². The third-order valence-corrected chi connectivity index (χ3v) is 7.43. The van der Waals surface area contributed by atoms with Gasteiger partial charge in [-0.2, -0.15) is 0 Å². The zero-order valence-corrected chi connectivity index (χ0v) is 22.7. The first-order valence-corrected chi connectivity index (χ1v) is 13.7. The highest BCUT2D eigenvalue weighted by Gasteiger charge is 2.25. The number of pyridine rings is 2. The van der Waals surface area contributed by atoms with E-state index in [2.05, 4.69) is 48.5 Å². The van der Waals surface area contributed by atoms with Crippen molar-refractivity contribution in [1.29, 1.82) is 0 Å². The molecule has 6 nitrogen and oxygen atoms in total. The van der Waals surface area contributed by atoms with Crippen LogP contribution >= 0.6 is 0 Å². The largest absolute Gasteiger partial charge is 0.491 e. The van der Waals surface area contributed by atoms with Crippen LogP contribution in [0.5, 0.6) is 11.5 Å². The molecule has 0 atom stereocenters. The first-order valence-electron chi connectivity index (χ1n) is 13.7. The lowest BCUT2D eigenvalue weighted by atomic mass is 10.0. The summed E-state index contributed by atoms with van der Waals surface area (Å²) in [4.78, 5) is 9.83. The van der Waals surface area contributed by atoms with Gasteiger partial charge in [-0.05, 0) is 25.0 Å². The second-order valence-corrected chi connectivity index (χ2v) is 10.2. The van der Waals surface area contributed by atoms with Crippen molar-refractivity contribution < 1.29 is 18.9 Å². The Labute approximate surface area is 229 Å². The summed E-state index contributed by atoms with van der Waals surface area (Å²) >= 11 is 0. The van der Waals surface area contributed by atoms with Crippen LogP contribution in [0.1, 0.15) is 62.6 Å². The Kier molecular flexibility index (Phi) is 7.57. The average Bonchev–Trinajstić information content (AvgIpc) is 3.63. The Morgan fingerprint density at radius 2 is 1.00 bits per heavy atom. The number of benzene rings is 2. The van der Waals surface area contributed by atoms with E-state index in [9.17, 15) is 0 Å². The SMILES string of the molecule is Cc1nc(Cc2ccccc2)c2c(c1OCCCOc1c(C)nc(Cc3ccccc3)c3c1COC3)COC2. The van der Waals surface area contributed by atoms with Gasteiger partial charge in [0.05, 0.1) is 62.4 Å². The van der Waals surface area contributed by atoms with Crippen molar-refractivity contribution in [3.05, 3.63) is 117 Å². The maximum atomic E-state index is 6.27. The third-order valence-electron chi connectivity index (χ3n) is 7.43. The topological polar surface area (TPSA) is 62.7 Å². The number of hydrogen-bond acceptors (Lipinski definition) is 6. The third kappa shape index (κ3) is 5.54. The van der Waals surface area contributed by atoms with Crippen LogP contribution in [0.2, 0.25) is 0 Å². The number of ether oxygens (including phenoxy) is 4. The first-order chi connectivity index (χ1) is 19.2. The second-order valence-electron chi connectivity index (χ2n) is 10.2. The number of hydrogen-bond donors (Lipinski definition) is 0. The summed E-state index contributed by atoms with van der Waals surface area (Å²) in [6, 6.07) is 20.9. The second kappa shape index (κ2) is 11.6. The normalized spacial score (nSPS) is 13.8. The van der Waals surface area contributed by atoms with Crippen LogP contribution in [-0.4, -0.2) is 23.2 Å². The van der Waals surface area contributed by atoms with Crippen molar-refractivity contribution >= 4 is 0 Å². The highest BCUT2D eigenvalue weighted by molar-refractivity contribution is 5.48. The fraction of sp³-hybridized carbons (Fsp3) is 0.333. The van der Waals surface area contributed by atoms with Gasteiger partial charge in [0.25, 0.3) is 0 Å². The zero-order chi connectivity index (χ0) is 26.6. The Bertz CT molecular complexity index is 1340. The molecule has 4 heterocycles. The van der Waals surface area contributed by atoms with Crippen LogP contribution in [0.15, 0.2) is 60.7 Å². The van der Waals surface area contributed by atoms with Gasteiger partial charge < -0.3 is 18.9 Å². The molecule has 39 heavy (non-hydrogen) atoms. The minimum atomic E-state index is 0.546. The molecule has 0 radical (unpaired) electrons. The standard InChI is InChI=1S/C33H34N2O4/c1-22-32(28-20-36-18-26(28)30(34-22)16-24-10-5-3-6-11-24)38-14-9-15-39-33-23(2)35-31(27-19-37-21-29(27)33)17-25-12-7-4-8-13-25/h3-8,10-13H,9,14-21H2,1-2H3. The molecule has 0 fully saturated rings. The lowest BCUT2D eigenvalue weighted by Crippen LogP contribution is -2.11. The highest BCUT2D eigenvalue weighted by Crippen LogP contribution is 2.36. The first kappa shape index (κ1) is 25.5. The molecule has 6 rings (SSSR count). The fourth-order valence-electron chi connectivity index (χ4n) is 5.52. The average molecular weight is 523 g/mol. The van der Waals surface area contributed by atoms with Crippen molar-refractivity contribution in [3.8, 4) is 11.5 Å². The van der Waals surface area contributed by atoms with Gasteiger partial charge in [-0.3, -0.25) is 9.97 Å². The van der Waals surface area contributed by atoms with Gasteiger partial charge in [-0.25, -0.2) is 0 Å². The summed E-state index contributed by atoms with van der Waals surface area (Å²) < 4.78 is 24.2. The predicted octanol–water partition coefficient (Wildman–Crippen LogP) is 6.18. The Morgan fingerprint density at radius 3 is 1.44 bits per heavy atom. The maximum absolute atomic E-state index is 6.27. The van der Waals surface area contributed by atoms with Gasteiger partial charge in [-0.1, -0.05) is 60.7 Å². The monoisotopic (exact) mass is 522 g/mol. The molecule has 0 bridgehead atoms. The molecule has 4 aromatic rings. The minimum absolute atomic E-state index is 0.546. The van der Waals surface area contributed by atoms with E-state index in [1.54, 1.807) is 0 Å². The molecular weight excluding hydrogens is 488 g/mol. The molecule has 2 aromatic carbocycles. The van der Waals surface area contributed by atoms with Gasteiger partial charge in [0.15, 0.2) is 0 Å². The predicted molar refractivity (Wildman–Crippen MR) is 149 cm³/mol. The van der Waals surface area contributed by atoms with Crippen molar-refractivity contribution in [2.45, 2.75) is 59.5 Å².